The fraction of sp³-hybridized carbons (Fsp3) is 0.176. The maximum absolute atomic E-state index is 11.2. The van der Waals surface area contributed by atoms with Crippen molar-refractivity contribution in [3.8, 4) is 0 Å². The number of nitrogens with zero attached hydrogens (tertiary/aromatic N) is 3. The summed E-state index contributed by atoms with van der Waals surface area (Å²) >= 11 is 0. The SMILES string of the molecule is O[C@@H](c1ccccc1)[C@](O)(Cn1cncn1)c1ccccc1. The number of benzene rings is 2. The molecular formula is C17H17N3O2. The molecule has 22 heavy (non-hydrogen) atoms. The Morgan fingerprint density at radius 2 is 1.64 bits per heavy atom. The molecule has 0 radical (unpaired) electrons. The van der Waals surface area contributed by atoms with Crippen LogP contribution in [-0.4, -0.2) is 25.0 Å². The number of aliphatic hydroxyl groups excluding tert-OH is 1. The molecule has 2 aromatic carbocycles. The molecule has 0 aliphatic rings. The lowest BCUT2D eigenvalue weighted by Crippen LogP contribution is -2.38. The van der Waals surface area contributed by atoms with E-state index in [0.717, 1.165) is 0 Å². The molecule has 112 valence electrons. The van der Waals surface area contributed by atoms with Crippen LogP contribution in [0.5, 0.6) is 0 Å². The Kier molecular flexibility index (Phi) is 4.00. The van der Waals surface area contributed by atoms with Crippen molar-refractivity contribution in [3.05, 3.63) is 84.4 Å². The summed E-state index contributed by atoms with van der Waals surface area (Å²) < 4.78 is 1.51. The Morgan fingerprint density at radius 3 is 2.23 bits per heavy atom. The van der Waals surface area contributed by atoms with Crippen LogP contribution >= 0.6 is 0 Å². The Morgan fingerprint density at radius 1 is 1.00 bits per heavy atom. The van der Waals surface area contributed by atoms with Gasteiger partial charge in [-0.05, 0) is 11.1 Å². The van der Waals surface area contributed by atoms with Gasteiger partial charge in [-0.1, -0.05) is 60.7 Å². The fourth-order valence-electron chi connectivity index (χ4n) is 2.53. The van der Waals surface area contributed by atoms with Gasteiger partial charge in [0.1, 0.15) is 24.4 Å². The van der Waals surface area contributed by atoms with Crippen LogP contribution in [0.3, 0.4) is 0 Å². The third-order valence-corrected chi connectivity index (χ3v) is 3.71. The molecule has 1 heterocycles. The molecule has 0 saturated carbocycles. The second-order valence-corrected chi connectivity index (χ2v) is 5.20. The molecule has 3 aromatic rings. The summed E-state index contributed by atoms with van der Waals surface area (Å²) in [4.78, 5) is 3.89. The topological polar surface area (TPSA) is 71.2 Å². The highest BCUT2D eigenvalue weighted by molar-refractivity contribution is 5.29. The van der Waals surface area contributed by atoms with Crippen molar-refractivity contribution in [1.82, 2.24) is 14.8 Å². The van der Waals surface area contributed by atoms with E-state index >= 15 is 0 Å². The van der Waals surface area contributed by atoms with Crippen molar-refractivity contribution in [2.24, 2.45) is 0 Å². The van der Waals surface area contributed by atoms with Crippen molar-refractivity contribution in [3.63, 3.8) is 0 Å². The van der Waals surface area contributed by atoms with E-state index in [4.69, 9.17) is 0 Å². The van der Waals surface area contributed by atoms with Crippen molar-refractivity contribution >= 4 is 0 Å². The average Bonchev–Trinajstić information content (AvgIpc) is 3.08. The molecular weight excluding hydrogens is 278 g/mol. The van der Waals surface area contributed by atoms with E-state index in [1.54, 1.807) is 24.3 Å². The summed E-state index contributed by atoms with van der Waals surface area (Å²) in [6, 6.07) is 18.2. The van der Waals surface area contributed by atoms with Gasteiger partial charge in [0.2, 0.25) is 0 Å². The van der Waals surface area contributed by atoms with Gasteiger partial charge in [0.15, 0.2) is 0 Å². The van der Waals surface area contributed by atoms with Gasteiger partial charge in [0.05, 0.1) is 6.54 Å². The molecule has 0 unspecified atom stereocenters. The highest BCUT2D eigenvalue weighted by atomic mass is 16.3. The van der Waals surface area contributed by atoms with Gasteiger partial charge in [-0.25, -0.2) is 9.67 Å². The third-order valence-electron chi connectivity index (χ3n) is 3.71. The number of aliphatic hydroxyl groups is 2. The zero-order valence-electron chi connectivity index (χ0n) is 11.9. The van der Waals surface area contributed by atoms with Crippen molar-refractivity contribution in [2.45, 2.75) is 18.2 Å². The van der Waals surface area contributed by atoms with Crippen molar-refractivity contribution in [1.29, 1.82) is 0 Å². The van der Waals surface area contributed by atoms with Gasteiger partial charge in [-0.15, -0.1) is 0 Å². The van der Waals surface area contributed by atoms with E-state index in [-0.39, 0.29) is 6.54 Å². The monoisotopic (exact) mass is 295 g/mol. The molecule has 0 aliphatic carbocycles. The van der Waals surface area contributed by atoms with E-state index in [1.165, 1.54) is 17.3 Å². The summed E-state index contributed by atoms with van der Waals surface area (Å²) in [6.07, 6.45) is 1.84. The number of rotatable bonds is 5. The summed E-state index contributed by atoms with van der Waals surface area (Å²) in [5.41, 5.74) is -0.230. The first-order valence-corrected chi connectivity index (χ1v) is 7.03. The minimum Gasteiger partial charge on any atom is -0.385 e. The highest BCUT2D eigenvalue weighted by Crippen LogP contribution is 2.36. The Bertz CT molecular complexity index is 701. The van der Waals surface area contributed by atoms with E-state index in [9.17, 15) is 10.2 Å². The molecule has 0 spiro atoms. The summed E-state index contributed by atoms with van der Waals surface area (Å²) in [6.45, 7) is 0.104. The lowest BCUT2D eigenvalue weighted by molar-refractivity contribution is -0.0965. The smallest absolute Gasteiger partial charge is 0.139 e. The van der Waals surface area contributed by atoms with Crippen molar-refractivity contribution < 1.29 is 10.2 Å². The van der Waals surface area contributed by atoms with Crippen LogP contribution in [0.25, 0.3) is 0 Å². The predicted octanol–water partition coefficient (Wildman–Crippen LogP) is 1.90. The summed E-state index contributed by atoms with van der Waals surface area (Å²) in [5.74, 6) is 0. The van der Waals surface area contributed by atoms with E-state index in [1.807, 2.05) is 36.4 Å². The first-order valence-electron chi connectivity index (χ1n) is 7.03. The highest BCUT2D eigenvalue weighted by Gasteiger charge is 2.39. The third kappa shape index (κ3) is 2.77. The number of hydrogen-bond donors (Lipinski definition) is 2. The Hall–Kier alpha value is -2.50. The lowest BCUT2D eigenvalue weighted by Gasteiger charge is -2.33. The molecule has 0 fully saturated rings. The van der Waals surface area contributed by atoms with Crippen LogP contribution in [0.4, 0.5) is 0 Å². The normalized spacial score (nSPS) is 15.2. The molecule has 1 aromatic heterocycles. The second kappa shape index (κ2) is 6.09. The van der Waals surface area contributed by atoms with E-state index in [0.29, 0.717) is 11.1 Å². The molecule has 5 heteroatoms. The number of aromatic nitrogens is 3. The minimum atomic E-state index is -1.50. The van der Waals surface area contributed by atoms with Crippen molar-refractivity contribution in [2.75, 3.05) is 0 Å². The first-order chi connectivity index (χ1) is 10.7. The molecule has 0 amide bonds. The van der Waals surface area contributed by atoms with Crippen LogP contribution in [0.2, 0.25) is 0 Å². The van der Waals surface area contributed by atoms with Crippen LogP contribution in [0.1, 0.15) is 17.2 Å². The molecule has 0 saturated heterocycles. The quantitative estimate of drug-likeness (QED) is 0.754. The molecule has 3 rings (SSSR count). The summed E-state index contributed by atoms with van der Waals surface area (Å²) in [7, 11) is 0. The lowest BCUT2D eigenvalue weighted by atomic mass is 9.84. The maximum atomic E-state index is 11.2. The second-order valence-electron chi connectivity index (χ2n) is 5.20. The van der Waals surface area contributed by atoms with Gasteiger partial charge in [-0.2, -0.15) is 5.10 Å². The van der Waals surface area contributed by atoms with Crippen LogP contribution in [0, 0.1) is 0 Å². The molecule has 2 atom stereocenters. The first kappa shape index (κ1) is 14.4. The van der Waals surface area contributed by atoms with Crippen LogP contribution < -0.4 is 0 Å². The zero-order valence-corrected chi connectivity index (χ0v) is 11.9. The number of hydrogen-bond acceptors (Lipinski definition) is 4. The van der Waals surface area contributed by atoms with Gasteiger partial charge < -0.3 is 10.2 Å². The molecule has 5 nitrogen and oxygen atoms in total. The van der Waals surface area contributed by atoms with E-state index in [2.05, 4.69) is 10.1 Å². The maximum Gasteiger partial charge on any atom is 0.139 e. The van der Waals surface area contributed by atoms with Gasteiger partial charge in [0, 0.05) is 0 Å². The fourth-order valence-corrected chi connectivity index (χ4v) is 2.53. The Labute approximate surface area is 128 Å². The van der Waals surface area contributed by atoms with E-state index < -0.39 is 11.7 Å². The van der Waals surface area contributed by atoms with Gasteiger partial charge >= 0.3 is 0 Å². The standard InChI is InChI=1S/C17H17N3O2/c21-16(14-7-3-1-4-8-14)17(22,11-20-13-18-12-19-20)15-9-5-2-6-10-15/h1-10,12-13,16,21-22H,11H2/t16-,17-/m0/s1. The van der Waals surface area contributed by atoms with Gasteiger partial charge in [0.25, 0.3) is 0 Å². The predicted molar refractivity (Wildman–Crippen MR) is 81.8 cm³/mol. The minimum absolute atomic E-state index is 0.104. The average molecular weight is 295 g/mol. The van der Waals surface area contributed by atoms with Gasteiger partial charge in [-0.3, -0.25) is 0 Å². The Balaban J connectivity index is 2.02. The summed E-state index contributed by atoms with van der Waals surface area (Å²) in [5, 5.41) is 26.1. The zero-order chi connectivity index (χ0) is 15.4. The molecule has 0 bridgehead atoms. The largest absolute Gasteiger partial charge is 0.385 e. The molecule has 0 aliphatic heterocycles. The van der Waals surface area contributed by atoms with Crippen LogP contribution in [0.15, 0.2) is 73.3 Å². The van der Waals surface area contributed by atoms with Crippen LogP contribution in [-0.2, 0) is 12.1 Å². The molecule has 2 N–H and O–H groups in total.